The Balaban J connectivity index is 0.00000156. The van der Waals surface area contributed by atoms with Crippen molar-refractivity contribution in [3.63, 3.8) is 0 Å². The molecule has 0 saturated heterocycles. The third-order valence-electron chi connectivity index (χ3n) is 4.45. The summed E-state index contributed by atoms with van der Waals surface area (Å²) in [5, 5.41) is 7.28. The molecule has 1 aromatic heterocycles. The van der Waals surface area contributed by atoms with E-state index in [2.05, 4.69) is 26.1 Å². The zero-order valence-corrected chi connectivity index (χ0v) is 14.9. The molecule has 0 unspecified atom stereocenters. The summed E-state index contributed by atoms with van der Waals surface area (Å²) < 4.78 is 0.816. The number of carbonyl (C=O) groups is 1. The van der Waals surface area contributed by atoms with Gasteiger partial charge in [0, 0.05) is 23.8 Å². The van der Waals surface area contributed by atoms with Gasteiger partial charge in [-0.25, -0.2) is 0 Å². The number of aromatic amines is 1. The predicted molar refractivity (Wildman–Crippen MR) is 96.4 cm³/mol. The van der Waals surface area contributed by atoms with Crippen molar-refractivity contribution in [2.75, 3.05) is 17.2 Å². The number of anilines is 2. The van der Waals surface area contributed by atoms with Crippen molar-refractivity contribution in [1.82, 2.24) is 10.2 Å². The van der Waals surface area contributed by atoms with E-state index in [4.69, 9.17) is 5.73 Å². The molecule has 0 radical (unpaired) electrons. The first-order valence-corrected chi connectivity index (χ1v) is 8.39. The quantitative estimate of drug-likeness (QED) is 0.760. The van der Waals surface area contributed by atoms with Gasteiger partial charge >= 0.3 is 0 Å². The van der Waals surface area contributed by atoms with Gasteiger partial charge in [-0.3, -0.25) is 9.89 Å². The highest BCUT2D eigenvalue weighted by atomic mass is 79.9. The molecule has 2 heterocycles. The van der Waals surface area contributed by atoms with Crippen LogP contribution in [0.25, 0.3) is 0 Å². The summed E-state index contributed by atoms with van der Waals surface area (Å²) in [7, 11) is 0. The van der Waals surface area contributed by atoms with Gasteiger partial charge in [0.15, 0.2) is 5.69 Å². The van der Waals surface area contributed by atoms with Crippen molar-refractivity contribution in [2.45, 2.75) is 31.6 Å². The first-order chi connectivity index (χ1) is 10.7. The molecule has 4 rings (SSSR count). The van der Waals surface area contributed by atoms with Crippen LogP contribution in [0.15, 0.2) is 22.7 Å². The Morgan fingerprint density at radius 3 is 2.91 bits per heavy atom. The molecular weight excluding hydrogens is 380 g/mol. The first-order valence-electron chi connectivity index (χ1n) is 7.60. The maximum Gasteiger partial charge on any atom is 0.279 e. The lowest BCUT2D eigenvalue weighted by Crippen LogP contribution is -2.36. The standard InChI is InChI=1S/C16H17BrN4O.ClH/c17-13-14(9-6-7-9)19-20-15(13)16(22)21-8-2-3-10-11(18)4-1-5-12(10)21;/h1,4-5,9H,2-3,6-8,18H2,(H,19,20);1H. The Labute approximate surface area is 149 Å². The van der Waals surface area contributed by atoms with E-state index in [1.165, 1.54) is 0 Å². The van der Waals surface area contributed by atoms with Gasteiger partial charge in [0.25, 0.3) is 5.91 Å². The lowest BCUT2D eigenvalue weighted by Gasteiger charge is -2.29. The Bertz CT molecular complexity index is 757. The molecule has 1 aromatic carbocycles. The van der Waals surface area contributed by atoms with E-state index in [-0.39, 0.29) is 18.3 Å². The van der Waals surface area contributed by atoms with Crippen molar-refractivity contribution >= 4 is 45.6 Å². The molecule has 0 atom stereocenters. The van der Waals surface area contributed by atoms with Crippen molar-refractivity contribution < 1.29 is 4.79 Å². The fourth-order valence-corrected chi connectivity index (χ4v) is 3.79. The minimum Gasteiger partial charge on any atom is -0.398 e. The number of benzene rings is 1. The smallest absolute Gasteiger partial charge is 0.279 e. The van der Waals surface area contributed by atoms with Gasteiger partial charge < -0.3 is 10.6 Å². The molecule has 1 fully saturated rings. The van der Waals surface area contributed by atoms with E-state index in [1.54, 1.807) is 4.90 Å². The van der Waals surface area contributed by atoms with E-state index in [0.29, 0.717) is 18.2 Å². The van der Waals surface area contributed by atoms with Gasteiger partial charge in [-0.15, -0.1) is 12.4 Å². The average molecular weight is 398 g/mol. The van der Waals surface area contributed by atoms with E-state index < -0.39 is 0 Å². The second kappa shape index (κ2) is 6.17. The SMILES string of the molecule is Cl.Nc1cccc2c1CCCN2C(=O)c1n[nH]c(C2CC2)c1Br. The molecule has 0 spiro atoms. The number of fused-ring (bicyclic) bond motifs is 1. The molecule has 2 aromatic rings. The first kappa shape index (κ1) is 16.3. The predicted octanol–water partition coefficient (Wildman–Crippen LogP) is 3.65. The van der Waals surface area contributed by atoms with E-state index in [1.807, 2.05) is 18.2 Å². The third-order valence-corrected chi connectivity index (χ3v) is 5.26. The number of rotatable bonds is 2. The van der Waals surface area contributed by atoms with Gasteiger partial charge in [-0.1, -0.05) is 6.07 Å². The number of hydrogen-bond donors (Lipinski definition) is 2. The van der Waals surface area contributed by atoms with Crippen LogP contribution in [0.2, 0.25) is 0 Å². The number of carbonyl (C=O) groups excluding carboxylic acids is 1. The van der Waals surface area contributed by atoms with Crippen LogP contribution < -0.4 is 10.6 Å². The number of nitrogens with one attached hydrogen (secondary N) is 1. The number of aromatic nitrogens is 2. The van der Waals surface area contributed by atoms with Crippen molar-refractivity contribution in [3.8, 4) is 0 Å². The minimum absolute atomic E-state index is 0. The molecular formula is C16H18BrClN4O. The van der Waals surface area contributed by atoms with Crippen LogP contribution in [0.1, 0.15) is 46.9 Å². The molecule has 23 heavy (non-hydrogen) atoms. The minimum atomic E-state index is -0.0680. The summed E-state index contributed by atoms with van der Waals surface area (Å²) >= 11 is 3.55. The molecule has 2 aliphatic rings. The molecule has 5 nitrogen and oxygen atoms in total. The highest BCUT2D eigenvalue weighted by molar-refractivity contribution is 9.10. The fourth-order valence-electron chi connectivity index (χ4n) is 3.12. The lowest BCUT2D eigenvalue weighted by molar-refractivity contribution is 0.0979. The van der Waals surface area contributed by atoms with Crippen molar-refractivity contribution in [1.29, 1.82) is 0 Å². The third kappa shape index (κ3) is 2.74. The fraction of sp³-hybridized carbons (Fsp3) is 0.375. The summed E-state index contributed by atoms with van der Waals surface area (Å²) in [4.78, 5) is 14.7. The summed E-state index contributed by atoms with van der Waals surface area (Å²) in [5.74, 6) is 0.453. The van der Waals surface area contributed by atoms with Crippen molar-refractivity contribution in [2.24, 2.45) is 0 Å². The summed E-state index contributed by atoms with van der Waals surface area (Å²) in [6, 6.07) is 5.75. The van der Waals surface area contributed by atoms with Crippen LogP contribution in [0, 0.1) is 0 Å². The Hall–Kier alpha value is -1.53. The second-order valence-electron chi connectivity index (χ2n) is 5.98. The molecule has 1 saturated carbocycles. The van der Waals surface area contributed by atoms with Crippen LogP contribution in [-0.2, 0) is 6.42 Å². The Morgan fingerprint density at radius 2 is 2.17 bits per heavy atom. The number of amides is 1. The molecule has 7 heteroatoms. The summed E-state index contributed by atoms with van der Waals surface area (Å²) in [5.41, 5.74) is 10.3. The number of nitrogen functional groups attached to an aromatic ring is 1. The van der Waals surface area contributed by atoms with E-state index in [9.17, 15) is 4.79 Å². The summed E-state index contributed by atoms with van der Waals surface area (Å²) in [6.45, 7) is 0.702. The number of halogens is 2. The van der Waals surface area contributed by atoms with Crippen LogP contribution in [0.4, 0.5) is 11.4 Å². The summed E-state index contributed by atoms with van der Waals surface area (Å²) in [6.07, 6.45) is 4.17. The van der Waals surface area contributed by atoms with Crippen molar-refractivity contribution in [3.05, 3.63) is 39.6 Å². The molecule has 0 bridgehead atoms. The molecule has 1 amide bonds. The van der Waals surface area contributed by atoms with Gasteiger partial charge in [0.1, 0.15) is 0 Å². The number of H-pyrrole nitrogens is 1. The van der Waals surface area contributed by atoms with Crippen LogP contribution in [-0.4, -0.2) is 22.6 Å². The lowest BCUT2D eigenvalue weighted by atomic mass is 9.99. The maximum absolute atomic E-state index is 12.9. The molecule has 3 N–H and O–H groups in total. The van der Waals surface area contributed by atoms with Crippen LogP contribution in [0.3, 0.4) is 0 Å². The van der Waals surface area contributed by atoms with Gasteiger partial charge in [0.2, 0.25) is 0 Å². The van der Waals surface area contributed by atoms with E-state index in [0.717, 1.165) is 52.8 Å². The molecule has 1 aliphatic heterocycles. The highest BCUT2D eigenvalue weighted by Crippen LogP contribution is 2.43. The van der Waals surface area contributed by atoms with Gasteiger partial charge in [-0.2, -0.15) is 5.10 Å². The van der Waals surface area contributed by atoms with Gasteiger partial charge in [-0.05, 0) is 59.3 Å². The van der Waals surface area contributed by atoms with Crippen LogP contribution >= 0.6 is 28.3 Å². The number of hydrogen-bond acceptors (Lipinski definition) is 3. The van der Waals surface area contributed by atoms with Gasteiger partial charge in [0.05, 0.1) is 10.2 Å². The molecule has 1 aliphatic carbocycles. The number of nitrogens with two attached hydrogens (primary N) is 1. The Kier molecular flexibility index (Phi) is 4.38. The zero-order chi connectivity index (χ0) is 15.3. The normalized spacial score (nSPS) is 16.7. The van der Waals surface area contributed by atoms with E-state index >= 15 is 0 Å². The topological polar surface area (TPSA) is 75.0 Å². The van der Waals surface area contributed by atoms with Crippen LogP contribution in [0.5, 0.6) is 0 Å². The largest absolute Gasteiger partial charge is 0.398 e. The maximum atomic E-state index is 12.9. The number of nitrogens with zero attached hydrogens (tertiary/aromatic N) is 2. The highest BCUT2D eigenvalue weighted by Gasteiger charge is 2.33. The zero-order valence-electron chi connectivity index (χ0n) is 12.5. The Morgan fingerprint density at radius 1 is 1.39 bits per heavy atom. The molecule has 122 valence electrons. The monoisotopic (exact) mass is 396 g/mol. The second-order valence-corrected chi connectivity index (χ2v) is 6.77. The average Bonchev–Trinajstić information content (AvgIpc) is 3.29.